The van der Waals surface area contributed by atoms with Crippen LogP contribution in [-0.2, 0) is 59.0 Å². The van der Waals surface area contributed by atoms with Gasteiger partial charge in [-0.15, -0.1) is 0 Å². The SMILES string of the molecule is C(/C=C/c1cc[n+]2c(c1)-c1c(ccc3c1-c1cccc[n+]1CC3)CC2)=C\c1cc2c3c(c1)CCCN3CCC2.O=S(=O)([O-])C(F)(F)F.O=S(=O)([O-])C(F)(F)F. The van der Waals surface area contributed by atoms with Gasteiger partial charge < -0.3 is 14.0 Å². The van der Waals surface area contributed by atoms with Crippen molar-refractivity contribution in [1.82, 2.24) is 0 Å². The Morgan fingerprint density at radius 2 is 1.09 bits per heavy atom. The van der Waals surface area contributed by atoms with E-state index in [0.717, 1.165) is 25.9 Å². The van der Waals surface area contributed by atoms with Gasteiger partial charge in [0.1, 0.15) is 0 Å². The van der Waals surface area contributed by atoms with Gasteiger partial charge in [-0.1, -0.05) is 36.4 Å². The molecule has 9 nitrogen and oxygen atoms in total. The van der Waals surface area contributed by atoms with Crippen LogP contribution >= 0.6 is 0 Å². The Morgan fingerprint density at radius 3 is 1.62 bits per heavy atom. The Hall–Kier alpha value is -4.58. The van der Waals surface area contributed by atoms with Gasteiger partial charge in [0.25, 0.3) is 0 Å². The standard InChI is InChI=1S/C36H35N3.2CHF3O3S/c1(2-8-27-23-30-9-5-18-39-19-6-10-31(24-27)36(30)39)7-26-14-20-38-22-16-29-13-12-28-15-21-37-17-4-3-11-32(37)34(28)35(29)33(38)25-26;2*2-1(3,4)8(5,6)7/h1-4,7-8,11-14,17,20,23-25H,5-6,9-10,15-16,18-19,21-22H2;2*(H,5,6,7)/q+2;;/p-2. The van der Waals surface area contributed by atoms with Crippen LogP contribution in [0.2, 0.25) is 0 Å². The third-order valence-corrected chi connectivity index (χ3v) is 10.9. The summed E-state index contributed by atoms with van der Waals surface area (Å²) < 4.78 is 123. The van der Waals surface area contributed by atoms with Gasteiger partial charge in [-0.3, -0.25) is 0 Å². The predicted molar refractivity (Wildman–Crippen MR) is 190 cm³/mol. The molecule has 4 aliphatic heterocycles. The summed E-state index contributed by atoms with van der Waals surface area (Å²) in [6.07, 6.45) is 20.7. The van der Waals surface area contributed by atoms with Crippen molar-refractivity contribution in [2.45, 2.75) is 62.6 Å². The zero-order chi connectivity index (χ0) is 39.8. The van der Waals surface area contributed by atoms with Gasteiger partial charge in [-0.2, -0.15) is 35.5 Å². The molecule has 0 amide bonds. The molecule has 0 saturated heterocycles. The Labute approximate surface area is 314 Å². The van der Waals surface area contributed by atoms with Crippen LogP contribution in [0.25, 0.3) is 34.7 Å². The van der Waals surface area contributed by atoms with Crippen molar-refractivity contribution in [1.29, 1.82) is 0 Å². The molecule has 0 saturated carbocycles. The first-order valence-electron chi connectivity index (χ1n) is 17.3. The molecule has 0 bridgehead atoms. The number of hydrogen-bond acceptors (Lipinski definition) is 7. The van der Waals surface area contributed by atoms with Crippen LogP contribution in [0.1, 0.15) is 46.2 Å². The van der Waals surface area contributed by atoms with E-state index in [1.165, 1.54) is 83.5 Å². The first kappa shape index (κ1) is 40.1. The Balaban J connectivity index is 0.000000272. The van der Waals surface area contributed by atoms with Gasteiger partial charge in [-0.05, 0) is 77.3 Å². The molecule has 8 rings (SSSR count). The topological polar surface area (TPSA) is 125 Å². The van der Waals surface area contributed by atoms with Gasteiger partial charge >= 0.3 is 11.0 Å². The summed E-state index contributed by atoms with van der Waals surface area (Å²) in [7, 11) is -12.2. The molecule has 2 aromatic carbocycles. The number of pyridine rings is 2. The second-order valence-corrected chi connectivity index (χ2v) is 16.1. The molecular formula is C38H35F6N3O6S2. The number of aromatic nitrogens is 2. The van der Waals surface area contributed by atoms with Crippen molar-refractivity contribution in [3.05, 3.63) is 113 Å². The van der Waals surface area contributed by atoms with E-state index in [9.17, 15) is 26.3 Å². The number of fused-ring (bicyclic) bond motifs is 7. The van der Waals surface area contributed by atoms with Crippen molar-refractivity contribution in [2.75, 3.05) is 18.0 Å². The maximum atomic E-state index is 10.7. The molecule has 0 radical (unpaired) electrons. The van der Waals surface area contributed by atoms with Crippen LogP contribution in [0.15, 0.2) is 79.1 Å². The quantitative estimate of drug-likeness (QED) is 0.0790. The third kappa shape index (κ3) is 8.95. The van der Waals surface area contributed by atoms with Crippen LogP contribution in [0.5, 0.6) is 0 Å². The third-order valence-electron chi connectivity index (χ3n) is 9.74. The zero-order valence-corrected chi connectivity index (χ0v) is 30.7. The largest absolute Gasteiger partial charge is 0.741 e. The second kappa shape index (κ2) is 15.5. The lowest BCUT2D eigenvalue weighted by molar-refractivity contribution is -0.689. The highest BCUT2D eigenvalue weighted by Gasteiger charge is 2.38. The lowest BCUT2D eigenvalue weighted by atomic mass is 9.85. The van der Waals surface area contributed by atoms with E-state index in [0.29, 0.717) is 0 Å². The van der Waals surface area contributed by atoms with Gasteiger partial charge in [0, 0.05) is 55.9 Å². The van der Waals surface area contributed by atoms with Crippen LogP contribution in [0, 0.1) is 0 Å². The minimum absolute atomic E-state index is 1.04. The van der Waals surface area contributed by atoms with Crippen molar-refractivity contribution >= 4 is 38.1 Å². The number of hydrogen-bond donors (Lipinski definition) is 0. The van der Waals surface area contributed by atoms with Crippen molar-refractivity contribution < 1.29 is 61.4 Å². The van der Waals surface area contributed by atoms with E-state index in [2.05, 4.69) is 105 Å². The molecule has 55 heavy (non-hydrogen) atoms. The highest BCUT2D eigenvalue weighted by molar-refractivity contribution is 7.86. The van der Waals surface area contributed by atoms with E-state index >= 15 is 0 Å². The first-order valence-corrected chi connectivity index (χ1v) is 20.1. The molecule has 0 N–H and O–H groups in total. The van der Waals surface area contributed by atoms with Crippen LogP contribution < -0.4 is 14.0 Å². The van der Waals surface area contributed by atoms with E-state index in [4.69, 9.17) is 25.9 Å². The minimum Gasteiger partial charge on any atom is -0.741 e. The van der Waals surface area contributed by atoms with Gasteiger partial charge in [0.05, 0.1) is 11.1 Å². The summed E-state index contributed by atoms with van der Waals surface area (Å²) >= 11 is 0. The number of alkyl halides is 6. The predicted octanol–water partition coefficient (Wildman–Crippen LogP) is 6.24. The number of anilines is 1. The van der Waals surface area contributed by atoms with E-state index in [-0.39, 0.29) is 0 Å². The number of nitrogens with zero attached hydrogens (tertiary/aromatic N) is 3. The number of benzene rings is 2. The number of aryl methyl sites for hydroxylation is 6. The molecule has 0 atom stereocenters. The number of allylic oxidation sites excluding steroid dienone is 2. The van der Waals surface area contributed by atoms with Gasteiger partial charge in [0.2, 0.25) is 11.4 Å². The Morgan fingerprint density at radius 1 is 0.600 bits per heavy atom. The summed E-state index contributed by atoms with van der Waals surface area (Å²) in [6, 6.07) is 20.9. The molecule has 6 heterocycles. The van der Waals surface area contributed by atoms with Crippen molar-refractivity contribution in [3.63, 3.8) is 0 Å². The summed E-state index contributed by atoms with van der Waals surface area (Å²) in [6.45, 7) is 4.56. The average molecular weight is 808 g/mol. The maximum Gasteiger partial charge on any atom is 0.485 e. The van der Waals surface area contributed by atoms with E-state index in [1.54, 1.807) is 16.8 Å². The zero-order valence-electron chi connectivity index (χ0n) is 29.1. The van der Waals surface area contributed by atoms with Crippen LogP contribution in [-0.4, -0.2) is 50.0 Å². The molecule has 0 spiro atoms. The first-order chi connectivity index (χ1) is 25.8. The molecule has 292 valence electrons. The maximum absolute atomic E-state index is 10.7. The fourth-order valence-corrected chi connectivity index (χ4v) is 7.39. The minimum atomic E-state index is -6.09. The summed E-state index contributed by atoms with van der Waals surface area (Å²) in [5, 5.41) is 0. The summed E-state index contributed by atoms with van der Waals surface area (Å²) in [5.74, 6) is 0. The molecular weight excluding hydrogens is 773 g/mol. The molecule has 0 unspecified atom stereocenters. The molecule has 0 aliphatic carbocycles. The average Bonchev–Trinajstić information content (AvgIpc) is 3.12. The lowest BCUT2D eigenvalue weighted by Crippen LogP contribution is -2.43. The smallest absolute Gasteiger partial charge is 0.485 e. The monoisotopic (exact) mass is 807 g/mol. The number of halogens is 6. The van der Waals surface area contributed by atoms with Crippen LogP contribution in [0.4, 0.5) is 32.0 Å². The fraction of sp³-hybridized carbons (Fsp3) is 0.316. The normalized spacial score (nSPS) is 16.1. The van der Waals surface area contributed by atoms with Gasteiger partial charge in [0.15, 0.2) is 45.7 Å². The number of rotatable bonds is 3. The van der Waals surface area contributed by atoms with Crippen molar-refractivity contribution in [3.8, 4) is 22.5 Å². The van der Waals surface area contributed by atoms with E-state index in [1.807, 2.05) is 0 Å². The molecule has 0 fully saturated rings. The molecule has 4 aromatic rings. The highest BCUT2D eigenvalue weighted by Crippen LogP contribution is 2.39. The summed E-state index contributed by atoms with van der Waals surface area (Å²) in [5.41, 5.74) is 4.46. The Kier molecular flexibility index (Phi) is 11.3. The molecule has 4 aliphatic rings. The van der Waals surface area contributed by atoms with E-state index < -0.39 is 31.3 Å². The van der Waals surface area contributed by atoms with Crippen molar-refractivity contribution in [2.24, 2.45) is 0 Å². The van der Waals surface area contributed by atoms with Gasteiger partial charge in [-0.25, -0.2) is 16.8 Å². The Bertz CT molecular complexity index is 2320. The fourth-order valence-electron chi connectivity index (χ4n) is 7.39. The van der Waals surface area contributed by atoms with Crippen LogP contribution in [0.3, 0.4) is 0 Å². The molecule has 17 heteroatoms. The lowest BCUT2D eigenvalue weighted by Gasteiger charge is -2.37. The second-order valence-electron chi connectivity index (χ2n) is 13.4. The highest BCUT2D eigenvalue weighted by atomic mass is 32.2. The molecule has 2 aromatic heterocycles. The summed E-state index contributed by atoms with van der Waals surface area (Å²) in [4.78, 5) is 2.62.